The molecule has 7 heteroatoms. The monoisotopic (exact) mass is 471 g/mol. The molecule has 1 aromatic heterocycles. The Balaban J connectivity index is 1.35. The van der Waals surface area contributed by atoms with Gasteiger partial charge in [0.25, 0.3) is 0 Å². The van der Waals surface area contributed by atoms with Crippen LogP contribution >= 0.6 is 0 Å². The number of pyridine rings is 1. The van der Waals surface area contributed by atoms with Gasteiger partial charge >= 0.3 is 0 Å². The molecule has 1 saturated carbocycles. The van der Waals surface area contributed by atoms with Gasteiger partial charge in [-0.15, -0.1) is 0 Å². The number of hydrogen-bond donors (Lipinski definition) is 1. The topological polar surface area (TPSA) is 71.5 Å². The molecule has 6 nitrogen and oxygen atoms in total. The van der Waals surface area contributed by atoms with Crippen LogP contribution < -0.4 is 9.62 Å². The van der Waals surface area contributed by atoms with Crippen LogP contribution in [0.5, 0.6) is 0 Å². The number of anilines is 1. The number of nitrogens with zero attached hydrogens (tertiary/aromatic N) is 2. The van der Waals surface area contributed by atoms with Gasteiger partial charge in [-0.25, -0.2) is 18.1 Å². The lowest BCUT2D eigenvalue weighted by atomic mass is 9.80. The first-order chi connectivity index (χ1) is 15.8. The predicted octanol–water partition coefficient (Wildman–Crippen LogP) is 4.19. The van der Waals surface area contributed by atoms with E-state index in [1.807, 2.05) is 18.2 Å². The first-order valence-corrected chi connectivity index (χ1v) is 14.0. The minimum Gasteiger partial charge on any atom is -0.378 e. The highest BCUT2D eigenvalue weighted by molar-refractivity contribution is 7.88. The molecule has 1 N–H and O–H groups in total. The van der Waals surface area contributed by atoms with Crippen molar-refractivity contribution in [3.63, 3.8) is 0 Å². The fraction of sp³-hybridized carbons (Fsp3) is 0.577. The van der Waals surface area contributed by atoms with Crippen LogP contribution in [-0.2, 0) is 14.8 Å². The lowest BCUT2D eigenvalue weighted by molar-refractivity contribution is -0.00216. The van der Waals surface area contributed by atoms with Crippen molar-refractivity contribution >= 4 is 15.8 Å². The summed E-state index contributed by atoms with van der Waals surface area (Å²) in [5.41, 5.74) is 4.28. The third-order valence-corrected chi connectivity index (χ3v) is 8.11. The zero-order valence-corrected chi connectivity index (χ0v) is 20.9. The minimum atomic E-state index is -3.27. The number of hydrogen-bond acceptors (Lipinski definition) is 5. The van der Waals surface area contributed by atoms with Crippen LogP contribution in [-0.4, -0.2) is 51.5 Å². The third kappa shape index (κ3) is 6.34. The molecule has 2 atom stereocenters. The summed E-state index contributed by atoms with van der Waals surface area (Å²) < 4.78 is 33.2. The number of aromatic nitrogens is 1. The lowest BCUT2D eigenvalue weighted by Crippen LogP contribution is -2.52. The van der Waals surface area contributed by atoms with E-state index in [9.17, 15) is 8.42 Å². The van der Waals surface area contributed by atoms with Gasteiger partial charge < -0.3 is 9.64 Å². The lowest BCUT2D eigenvalue weighted by Gasteiger charge is -2.40. The highest BCUT2D eigenvalue weighted by Crippen LogP contribution is 2.36. The van der Waals surface area contributed by atoms with Gasteiger partial charge in [-0.05, 0) is 80.7 Å². The molecule has 2 heterocycles. The van der Waals surface area contributed by atoms with Gasteiger partial charge in [-0.1, -0.05) is 24.3 Å². The Morgan fingerprint density at radius 3 is 2.55 bits per heavy atom. The molecule has 1 saturated heterocycles. The van der Waals surface area contributed by atoms with Gasteiger partial charge in [0.05, 0.1) is 19.0 Å². The number of sulfonamides is 1. The van der Waals surface area contributed by atoms with Crippen molar-refractivity contribution < 1.29 is 13.2 Å². The van der Waals surface area contributed by atoms with E-state index in [4.69, 9.17) is 4.74 Å². The molecule has 4 rings (SSSR count). The highest BCUT2D eigenvalue weighted by Gasteiger charge is 2.33. The van der Waals surface area contributed by atoms with E-state index in [0.29, 0.717) is 12.5 Å². The van der Waals surface area contributed by atoms with Gasteiger partial charge in [0.2, 0.25) is 10.0 Å². The fourth-order valence-corrected chi connectivity index (χ4v) is 6.26. The van der Waals surface area contributed by atoms with Gasteiger partial charge in [-0.2, -0.15) is 0 Å². The smallest absolute Gasteiger partial charge is 0.208 e. The number of nitrogens with one attached hydrogen (secondary N) is 1. The van der Waals surface area contributed by atoms with Crippen molar-refractivity contribution in [2.75, 3.05) is 30.9 Å². The molecule has 0 radical (unpaired) electrons. The molecule has 2 fully saturated rings. The van der Waals surface area contributed by atoms with Crippen molar-refractivity contribution in [2.45, 2.75) is 64.0 Å². The van der Waals surface area contributed by atoms with Crippen molar-refractivity contribution in [1.29, 1.82) is 0 Å². The molecule has 1 aliphatic heterocycles. The molecular weight excluding hydrogens is 434 g/mol. The van der Waals surface area contributed by atoms with Crippen molar-refractivity contribution in [3.8, 4) is 0 Å². The maximum Gasteiger partial charge on any atom is 0.208 e. The van der Waals surface area contributed by atoms with E-state index in [-0.39, 0.29) is 18.1 Å². The summed E-state index contributed by atoms with van der Waals surface area (Å²) in [7, 11) is -3.27. The second-order valence-electron chi connectivity index (χ2n) is 9.78. The Labute approximate surface area is 198 Å². The first kappa shape index (κ1) is 24.2. The van der Waals surface area contributed by atoms with Crippen LogP contribution in [0, 0.1) is 19.8 Å². The normalized spacial score (nSPS) is 26.3. The van der Waals surface area contributed by atoms with Gasteiger partial charge in [0.1, 0.15) is 5.82 Å². The van der Waals surface area contributed by atoms with Crippen molar-refractivity contribution in [2.24, 2.45) is 5.92 Å². The Hall–Kier alpha value is -1.96. The molecule has 0 spiro atoms. The summed E-state index contributed by atoms with van der Waals surface area (Å²) in [5, 5.41) is 0. The van der Waals surface area contributed by atoms with E-state index in [1.165, 1.54) is 22.9 Å². The zero-order valence-electron chi connectivity index (χ0n) is 20.0. The van der Waals surface area contributed by atoms with Gasteiger partial charge in [-0.3, -0.25) is 0 Å². The number of aryl methyl sites for hydroxylation is 1. The van der Waals surface area contributed by atoms with Gasteiger partial charge in [0.15, 0.2) is 0 Å². The summed E-state index contributed by atoms with van der Waals surface area (Å²) in [5.74, 6) is 1.64. The molecule has 0 bridgehead atoms. The SMILES string of the molecule is Cc1cccc(C2CCC(OC[C@@H]3CN(c4ccccn4)CC[C@@H]3NS(C)(=O)=O)CC2)c1C. The summed E-state index contributed by atoms with van der Waals surface area (Å²) in [6.45, 7) is 6.50. The molecule has 1 aliphatic carbocycles. The Morgan fingerprint density at radius 2 is 1.85 bits per heavy atom. The second kappa shape index (κ2) is 10.5. The van der Waals surface area contributed by atoms with E-state index in [0.717, 1.165) is 51.0 Å². The van der Waals surface area contributed by atoms with Crippen molar-refractivity contribution in [1.82, 2.24) is 9.71 Å². The molecule has 0 unspecified atom stereocenters. The second-order valence-corrected chi connectivity index (χ2v) is 11.6. The summed E-state index contributed by atoms with van der Waals surface area (Å²) in [6.07, 6.45) is 8.43. The summed E-state index contributed by atoms with van der Waals surface area (Å²) in [6, 6.07) is 12.4. The third-order valence-electron chi connectivity index (χ3n) is 7.38. The molecule has 1 aromatic carbocycles. The molecule has 33 heavy (non-hydrogen) atoms. The molecule has 180 valence electrons. The van der Waals surface area contributed by atoms with E-state index < -0.39 is 10.0 Å². The maximum atomic E-state index is 11.9. The number of ether oxygens (including phenoxy) is 1. The molecule has 2 aliphatic rings. The number of benzene rings is 1. The van der Waals surface area contributed by atoms with E-state index in [1.54, 1.807) is 6.20 Å². The van der Waals surface area contributed by atoms with E-state index in [2.05, 4.69) is 46.7 Å². The average Bonchev–Trinajstić information content (AvgIpc) is 2.80. The highest BCUT2D eigenvalue weighted by atomic mass is 32.2. The van der Waals surface area contributed by atoms with Crippen LogP contribution in [0.1, 0.15) is 54.7 Å². The largest absolute Gasteiger partial charge is 0.378 e. The standard InChI is InChI=1S/C26H37N3O3S/c1-19-7-6-8-24(20(19)2)21-10-12-23(13-11-21)32-18-22-17-29(26-9-4-5-15-27-26)16-14-25(22)28-33(3,30)31/h4-9,15,21-23,25,28H,10-14,16-18H2,1-3H3/t21?,22-,23?,25-/m0/s1. The Bertz CT molecular complexity index is 1020. The quantitative estimate of drug-likeness (QED) is 0.656. The fourth-order valence-electron chi connectivity index (χ4n) is 5.40. The molecule has 2 aromatic rings. The minimum absolute atomic E-state index is 0.0900. The van der Waals surface area contributed by atoms with Crippen LogP contribution in [0.3, 0.4) is 0 Å². The predicted molar refractivity (Wildman–Crippen MR) is 133 cm³/mol. The zero-order chi connectivity index (χ0) is 23.4. The summed E-state index contributed by atoms with van der Waals surface area (Å²) in [4.78, 5) is 6.73. The molecule has 0 amide bonds. The average molecular weight is 472 g/mol. The first-order valence-electron chi connectivity index (χ1n) is 12.1. The van der Waals surface area contributed by atoms with Crippen LogP contribution in [0.2, 0.25) is 0 Å². The van der Waals surface area contributed by atoms with Crippen LogP contribution in [0.4, 0.5) is 5.82 Å². The number of rotatable bonds is 7. The van der Waals surface area contributed by atoms with E-state index >= 15 is 0 Å². The van der Waals surface area contributed by atoms with Crippen molar-refractivity contribution in [3.05, 3.63) is 59.3 Å². The van der Waals surface area contributed by atoms with Crippen LogP contribution in [0.15, 0.2) is 42.6 Å². The summed E-state index contributed by atoms with van der Waals surface area (Å²) >= 11 is 0. The Morgan fingerprint density at radius 1 is 1.06 bits per heavy atom. The van der Waals surface area contributed by atoms with Crippen LogP contribution in [0.25, 0.3) is 0 Å². The molecular formula is C26H37N3O3S. The van der Waals surface area contributed by atoms with Gasteiger partial charge in [0, 0.05) is 31.2 Å². The Kier molecular flexibility index (Phi) is 7.72. The number of piperidine rings is 1. The maximum absolute atomic E-state index is 11.9.